The average Bonchev–Trinajstić information content (AvgIpc) is 2.28. The molecular formula is C7H13NO3. The first-order valence-corrected chi connectivity index (χ1v) is 3.98. The molecule has 4 nitrogen and oxygen atoms in total. The van der Waals surface area contributed by atoms with Crippen molar-refractivity contribution in [2.75, 3.05) is 0 Å². The highest BCUT2D eigenvalue weighted by atomic mass is 16.4. The second-order valence-corrected chi connectivity index (χ2v) is 3.53. The van der Waals surface area contributed by atoms with E-state index in [-0.39, 0.29) is 12.5 Å². The van der Waals surface area contributed by atoms with Crippen molar-refractivity contribution < 1.29 is 15.3 Å². The Morgan fingerprint density at radius 1 is 1.36 bits per heavy atom. The molecule has 11 heavy (non-hydrogen) atoms. The summed E-state index contributed by atoms with van der Waals surface area (Å²) in [6.07, 6.45) is 0.239. The molecule has 0 radical (unpaired) electrons. The van der Waals surface area contributed by atoms with Crippen molar-refractivity contribution in [1.29, 1.82) is 0 Å². The smallest absolute Gasteiger partial charge is 0.142 e. The molecule has 4 N–H and O–H groups in total. The SMILES string of the molecule is O[C@@H]1C[C@H](O)C2CC[C@]1(O)N2. The lowest BCUT2D eigenvalue weighted by Gasteiger charge is -2.36. The summed E-state index contributed by atoms with van der Waals surface area (Å²) in [6.45, 7) is 0. The zero-order valence-electron chi connectivity index (χ0n) is 6.20. The van der Waals surface area contributed by atoms with E-state index in [0.717, 1.165) is 6.42 Å². The number of nitrogens with one attached hydrogen (secondary N) is 1. The van der Waals surface area contributed by atoms with Crippen LogP contribution in [0.15, 0.2) is 0 Å². The van der Waals surface area contributed by atoms with Gasteiger partial charge in [-0.25, -0.2) is 0 Å². The summed E-state index contributed by atoms with van der Waals surface area (Å²) >= 11 is 0. The third-order valence-electron chi connectivity index (χ3n) is 2.75. The fourth-order valence-electron chi connectivity index (χ4n) is 1.98. The molecule has 2 aliphatic heterocycles. The zero-order valence-corrected chi connectivity index (χ0v) is 6.20. The second kappa shape index (κ2) is 2.17. The van der Waals surface area contributed by atoms with Gasteiger partial charge in [-0.1, -0.05) is 0 Å². The van der Waals surface area contributed by atoms with Crippen LogP contribution in [0.1, 0.15) is 19.3 Å². The van der Waals surface area contributed by atoms with Crippen molar-refractivity contribution >= 4 is 0 Å². The minimum absolute atomic E-state index is 0.0246. The maximum atomic E-state index is 9.64. The van der Waals surface area contributed by atoms with Gasteiger partial charge in [0.1, 0.15) is 5.72 Å². The minimum atomic E-state index is -1.12. The molecule has 2 fully saturated rings. The summed E-state index contributed by atoms with van der Waals surface area (Å²) in [5.41, 5.74) is -1.12. The van der Waals surface area contributed by atoms with E-state index in [0.29, 0.717) is 6.42 Å². The van der Waals surface area contributed by atoms with E-state index in [4.69, 9.17) is 0 Å². The van der Waals surface area contributed by atoms with Crippen LogP contribution in [0.25, 0.3) is 0 Å². The van der Waals surface area contributed by atoms with Crippen molar-refractivity contribution in [1.82, 2.24) is 5.32 Å². The highest BCUT2D eigenvalue weighted by molar-refractivity contribution is 5.02. The van der Waals surface area contributed by atoms with Gasteiger partial charge in [0.25, 0.3) is 0 Å². The number of hydrogen-bond acceptors (Lipinski definition) is 4. The largest absolute Gasteiger partial charge is 0.391 e. The average molecular weight is 159 g/mol. The summed E-state index contributed by atoms with van der Waals surface area (Å²) in [4.78, 5) is 0. The first-order chi connectivity index (χ1) is 5.12. The van der Waals surface area contributed by atoms with Crippen LogP contribution in [0.5, 0.6) is 0 Å². The Morgan fingerprint density at radius 2 is 2.09 bits per heavy atom. The number of hydrogen-bond donors (Lipinski definition) is 4. The van der Waals surface area contributed by atoms with Gasteiger partial charge in [-0.2, -0.15) is 0 Å². The molecule has 2 bridgehead atoms. The van der Waals surface area contributed by atoms with Gasteiger partial charge in [0.2, 0.25) is 0 Å². The minimum Gasteiger partial charge on any atom is -0.391 e. The van der Waals surface area contributed by atoms with Crippen molar-refractivity contribution in [3.63, 3.8) is 0 Å². The molecule has 4 atom stereocenters. The normalized spacial score (nSPS) is 56.5. The first kappa shape index (κ1) is 7.49. The lowest BCUT2D eigenvalue weighted by molar-refractivity contribution is -0.127. The Hall–Kier alpha value is -0.160. The molecule has 1 unspecified atom stereocenters. The van der Waals surface area contributed by atoms with Gasteiger partial charge in [0.05, 0.1) is 12.2 Å². The summed E-state index contributed by atoms with van der Waals surface area (Å²) < 4.78 is 0. The van der Waals surface area contributed by atoms with Crippen LogP contribution in [-0.4, -0.2) is 39.3 Å². The molecule has 2 saturated heterocycles. The maximum absolute atomic E-state index is 9.64. The number of piperidine rings is 1. The molecule has 0 aliphatic carbocycles. The molecule has 0 saturated carbocycles. The Labute approximate surface area is 64.8 Å². The van der Waals surface area contributed by atoms with Crippen molar-refractivity contribution in [2.24, 2.45) is 0 Å². The van der Waals surface area contributed by atoms with Crippen LogP contribution < -0.4 is 5.32 Å². The molecule has 2 rings (SSSR count). The molecular weight excluding hydrogens is 146 g/mol. The van der Waals surface area contributed by atoms with Gasteiger partial charge >= 0.3 is 0 Å². The van der Waals surface area contributed by atoms with Crippen LogP contribution in [-0.2, 0) is 0 Å². The van der Waals surface area contributed by atoms with E-state index in [1.165, 1.54) is 0 Å². The number of rotatable bonds is 0. The van der Waals surface area contributed by atoms with E-state index in [2.05, 4.69) is 5.32 Å². The van der Waals surface area contributed by atoms with Gasteiger partial charge in [-0.15, -0.1) is 0 Å². The fourth-order valence-corrected chi connectivity index (χ4v) is 1.98. The summed E-state index contributed by atoms with van der Waals surface area (Å²) in [5.74, 6) is 0. The van der Waals surface area contributed by atoms with Crippen LogP contribution in [0, 0.1) is 0 Å². The maximum Gasteiger partial charge on any atom is 0.142 e. The van der Waals surface area contributed by atoms with E-state index in [1.807, 2.05) is 0 Å². The Kier molecular flexibility index (Phi) is 1.47. The molecule has 0 aromatic rings. The van der Waals surface area contributed by atoms with Crippen LogP contribution in [0.2, 0.25) is 0 Å². The van der Waals surface area contributed by atoms with Gasteiger partial charge in [0, 0.05) is 12.5 Å². The molecule has 0 aromatic carbocycles. The van der Waals surface area contributed by atoms with Crippen molar-refractivity contribution in [3.05, 3.63) is 0 Å². The monoisotopic (exact) mass is 159 g/mol. The zero-order chi connectivity index (χ0) is 8.06. The van der Waals surface area contributed by atoms with Crippen molar-refractivity contribution in [3.8, 4) is 0 Å². The molecule has 2 heterocycles. The van der Waals surface area contributed by atoms with E-state index < -0.39 is 17.9 Å². The van der Waals surface area contributed by atoms with Gasteiger partial charge < -0.3 is 15.3 Å². The molecule has 0 spiro atoms. The number of aliphatic hydroxyl groups excluding tert-OH is 2. The Bertz CT molecular complexity index is 175. The lowest BCUT2D eigenvalue weighted by atomic mass is 9.97. The third kappa shape index (κ3) is 0.980. The van der Waals surface area contributed by atoms with E-state index >= 15 is 0 Å². The lowest BCUT2D eigenvalue weighted by Crippen LogP contribution is -2.60. The summed E-state index contributed by atoms with van der Waals surface area (Å²) in [5, 5.41) is 31.2. The molecule has 64 valence electrons. The van der Waals surface area contributed by atoms with E-state index in [9.17, 15) is 15.3 Å². The summed E-state index contributed by atoms with van der Waals surface area (Å²) in [7, 11) is 0. The van der Waals surface area contributed by atoms with Crippen LogP contribution >= 0.6 is 0 Å². The highest BCUT2D eigenvalue weighted by Crippen LogP contribution is 2.33. The topological polar surface area (TPSA) is 72.7 Å². The van der Waals surface area contributed by atoms with Gasteiger partial charge in [-0.05, 0) is 12.8 Å². The molecule has 0 aromatic heterocycles. The number of fused-ring (bicyclic) bond motifs is 2. The van der Waals surface area contributed by atoms with Gasteiger partial charge in [0.15, 0.2) is 0 Å². The Balaban J connectivity index is 2.19. The highest BCUT2D eigenvalue weighted by Gasteiger charge is 2.49. The molecule has 4 heteroatoms. The standard InChI is InChI=1S/C7H13NO3/c9-5-3-6(10)7(11)2-1-4(5)8-7/h4-6,8-11H,1-3H2/t4?,5-,6+,7+/m0/s1. The van der Waals surface area contributed by atoms with E-state index in [1.54, 1.807) is 0 Å². The van der Waals surface area contributed by atoms with Gasteiger partial charge in [-0.3, -0.25) is 5.32 Å². The summed E-state index contributed by atoms with van der Waals surface area (Å²) in [6, 6.07) is -0.0246. The quantitative estimate of drug-likeness (QED) is 0.349. The number of aliphatic hydroxyl groups is 3. The molecule has 2 aliphatic rings. The molecule has 0 amide bonds. The fraction of sp³-hybridized carbons (Fsp3) is 1.00. The third-order valence-corrected chi connectivity index (χ3v) is 2.75. The Morgan fingerprint density at radius 3 is 2.82 bits per heavy atom. The predicted molar refractivity (Wildman–Crippen MR) is 37.7 cm³/mol. The first-order valence-electron chi connectivity index (χ1n) is 3.98. The second-order valence-electron chi connectivity index (χ2n) is 3.53. The van der Waals surface area contributed by atoms with Crippen LogP contribution in [0.4, 0.5) is 0 Å². The van der Waals surface area contributed by atoms with Crippen molar-refractivity contribution in [2.45, 2.75) is 43.2 Å². The van der Waals surface area contributed by atoms with Crippen LogP contribution in [0.3, 0.4) is 0 Å². The predicted octanol–water partition coefficient (Wildman–Crippen LogP) is -1.45.